The van der Waals surface area contributed by atoms with Crippen molar-refractivity contribution < 1.29 is 13.6 Å². The van der Waals surface area contributed by atoms with E-state index in [0.29, 0.717) is 4.96 Å². The van der Waals surface area contributed by atoms with Crippen LogP contribution >= 0.6 is 11.3 Å². The highest BCUT2D eigenvalue weighted by Crippen LogP contribution is 2.14. The Balaban J connectivity index is 1.95. The molecule has 0 atom stereocenters. The molecule has 0 aliphatic rings. The van der Waals surface area contributed by atoms with E-state index < -0.39 is 23.1 Å². The lowest BCUT2D eigenvalue weighted by molar-refractivity contribution is 0.102. The van der Waals surface area contributed by atoms with E-state index in [1.165, 1.54) is 28.0 Å². The van der Waals surface area contributed by atoms with E-state index >= 15 is 0 Å². The molecule has 0 aliphatic heterocycles. The molecule has 0 fully saturated rings. The third-order valence-corrected chi connectivity index (χ3v) is 3.54. The van der Waals surface area contributed by atoms with Gasteiger partial charge in [-0.3, -0.25) is 14.0 Å². The van der Waals surface area contributed by atoms with Crippen LogP contribution in [0, 0.1) is 11.6 Å². The zero-order valence-electron chi connectivity index (χ0n) is 10.3. The highest BCUT2D eigenvalue weighted by Gasteiger charge is 2.14. The number of carbonyl (C=O) groups is 1. The van der Waals surface area contributed by atoms with E-state index in [9.17, 15) is 18.4 Å². The second kappa shape index (κ2) is 5.06. The Morgan fingerprint density at radius 2 is 2.10 bits per heavy atom. The number of benzene rings is 1. The standard InChI is InChI=1S/C13H7F2N3O2S/c14-9-2-1-7(5-10(9)15)17-11(19)8-6-16-13-18(12(8)20)3-4-21-13/h1-6H,(H,17,19). The fourth-order valence-corrected chi connectivity index (χ4v) is 2.43. The molecule has 0 saturated heterocycles. The van der Waals surface area contributed by atoms with Crippen LogP contribution in [-0.2, 0) is 0 Å². The summed E-state index contributed by atoms with van der Waals surface area (Å²) in [5.41, 5.74) is -0.661. The summed E-state index contributed by atoms with van der Waals surface area (Å²) in [7, 11) is 0. The van der Waals surface area contributed by atoms with Crippen LogP contribution < -0.4 is 10.9 Å². The van der Waals surface area contributed by atoms with Crippen LogP contribution in [0.1, 0.15) is 10.4 Å². The van der Waals surface area contributed by atoms with Crippen molar-refractivity contribution in [2.75, 3.05) is 5.32 Å². The smallest absolute Gasteiger partial charge is 0.271 e. The van der Waals surface area contributed by atoms with Crippen molar-refractivity contribution in [3.63, 3.8) is 0 Å². The second-order valence-electron chi connectivity index (χ2n) is 4.12. The molecule has 0 radical (unpaired) electrons. The lowest BCUT2D eigenvalue weighted by atomic mass is 10.2. The predicted octanol–water partition coefficient (Wildman–Crippen LogP) is 2.29. The van der Waals surface area contributed by atoms with Gasteiger partial charge in [-0.15, -0.1) is 11.3 Å². The van der Waals surface area contributed by atoms with Crippen LogP contribution in [0.25, 0.3) is 4.96 Å². The van der Waals surface area contributed by atoms with Crippen molar-refractivity contribution >= 4 is 27.9 Å². The van der Waals surface area contributed by atoms with Crippen LogP contribution in [0.2, 0.25) is 0 Å². The second-order valence-corrected chi connectivity index (χ2v) is 4.99. The van der Waals surface area contributed by atoms with Crippen LogP contribution in [-0.4, -0.2) is 15.3 Å². The van der Waals surface area contributed by atoms with Crippen molar-refractivity contribution in [3.05, 3.63) is 63.5 Å². The highest BCUT2D eigenvalue weighted by molar-refractivity contribution is 7.15. The van der Waals surface area contributed by atoms with Gasteiger partial charge in [0.1, 0.15) is 5.56 Å². The molecular weight excluding hydrogens is 300 g/mol. The molecule has 2 heterocycles. The van der Waals surface area contributed by atoms with Gasteiger partial charge in [0.25, 0.3) is 11.5 Å². The molecule has 1 aromatic carbocycles. The summed E-state index contributed by atoms with van der Waals surface area (Å²) in [4.78, 5) is 28.5. The summed E-state index contributed by atoms with van der Waals surface area (Å²) in [6.45, 7) is 0. The van der Waals surface area contributed by atoms with Gasteiger partial charge in [0.2, 0.25) is 0 Å². The van der Waals surface area contributed by atoms with Crippen LogP contribution in [0.15, 0.2) is 40.8 Å². The largest absolute Gasteiger partial charge is 0.322 e. The molecule has 2 aromatic heterocycles. The van der Waals surface area contributed by atoms with E-state index in [2.05, 4.69) is 10.3 Å². The van der Waals surface area contributed by atoms with Gasteiger partial charge >= 0.3 is 0 Å². The Bertz CT molecular complexity index is 904. The van der Waals surface area contributed by atoms with Gasteiger partial charge in [-0.1, -0.05) is 0 Å². The number of hydrogen-bond acceptors (Lipinski definition) is 4. The summed E-state index contributed by atoms with van der Waals surface area (Å²) >= 11 is 1.26. The Morgan fingerprint density at radius 1 is 1.29 bits per heavy atom. The third-order valence-electron chi connectivity index (χ3n) is 2.76. The van der Waals surface area contributed by atoms with E-state index in [1.54, 1.807) is 5.38 Å². The van der Waals surface area contributed by atoms with Gasteiger partial charge in [-0.2, -0.15) is 0 Å². The maximum Gasteiger partial charge on any atom is 0.271 e. The van der Waals surface area contributed by atoms with Crippen molar-refractivity contribution in [1.29, 1.82) is 0 Å². The third kappa shape index (κ3) is 2.40. The summed E-state index contributed by atoms with van der Waals surface area (Å²) in [6.07, 6.45) is 2.66. The predicted molar refractivity (Wildman–Crippen MR) is 73.7 cm³/mol. The number of rotatable bonds is 2. The monoisotopic (exact) mass is 307 g/mol. The average Bonchev–Trinajstić information content (AvgIpc) is 2.92. The first-order valence-corrected chi connectivity index (χ1v) is 6.65. The molecule has 1 amide bonds. The fourth-order valence-electron chi connectivity index (χ4n) is 1.75. The quantitative estimate of drug-likeness (QED) is 0.790. The minimum absolute atomic E-state index is 0.0497. The lowest BCUT2D eigenvalue weighted by Gasteiger charge is -2.05. The Kier molecular flexibility index (Phi) is 3.22. The normalized spacial score (nSPS) is 10.8. The van der Waals surface area contributed by atoms with Crippen LogP contribution in [0.3, 0.4) is 0 Å². The summed E-state index contributed by atoms with van der Waals surface area (Å²) < 4.78 is 27.1. The number of carbonyl (C=O) groups excluding carboxylic acids is 1. The summed E-state index contributed by atoms with van der Waals surface area (Å²) in [5, 5.41) is 4.00. The molecule has 3 rings (SSSR count). The van der Waals surface area contributed by atoms with Gasteiger partial charge < -0.3 is 5.32 Å². The minimum atomic E-state index is -1.09. The molecule has 21 heavy (non-hydrogen) atoms. The van der Waals surface area contributed by atoms with Gasteiger partial charge in [0.15, 0.2) is 16.6 Å². The maximum absolute atomic E-state index is 13.1. The maximum atomic E-state index is 13.1. The van der Waals surface area contributed by atoms with Crippen LogP contribution in [0.5, 0.6) is 0 Å². The molecular formula is C13H7F2N3O2S. The molecule has 3 aromatic rings. The fraction of sp³-hybridized carbons (Fsp3) is 0. The molecule has 0 aliphatic carbocycles. The molecule has 8 heteroatoms. The number of hydrogen-bond donors (Lipinski definition) is 1. The average molecular weight is 307 g/mol. The molecule has 0 unspecified atom stereocenters. The van der Waals surface area contributed by atoms with E-state index in [4.69, 9.17) is 0 Å². The van der Waals surface area contributed by atoms with Crippen molar-refractivity contribution in [2.24, 2.45) is 0 Å². The molecule has 5 nitrogen and oxygen atoms in total. The van der Waals surface area contributed by atoms with Crippen molar-refractivity contribution in [1.82, 2.24) is 9.38 Å². The first-order valence-electron chi connectivity index (χ1n) is 5.77. The number of nitrogens with one attached hydrogen (secondary N) is 1. The summed E-state index contributed by atoms with van der Waals surface area (Å²) in [6, 6.07) is 2.92. The van der Waals surface area contributed by atoms with Gasteiger partial charge in [-0.25, -0.2) is 13.8 Å². The van der Waals surface area contributed by atoms with E-state index in [-0.39, 0.29) is 11.3 Å². The molecule has 1 N–H and O–H groups in total. The number of anilines is 1. The first kappa shape index (κ1) is 13.4. The van der Waals surface area contributed by atoms with E-state index in [1.807, 2.05) is 0 Å². The number of aromatic nitrogens is 2. The van der Waals surface area contributed by atoms with Gasteiger partial charge in [0.05, 0.1) is 0 Å². The van der Waals surface area contributed by atoms with Crippen LogP contribution in [0.4, 0.5) is 14.5 Å². The minimum Gasteiger partial charge on any atom is -0.322 e. The zero-order chi connectivity index (χ0) is 15.0. The Labute approximate surface area is 120 Å². The molecule has 0 saturated carbocycles. The lowest BCUT2D eigenvalue weighted by Crippen LogP contribution is -2.25. The van der Waals surface area contributed by atoms with Crippen molar-refractivity contribution in [2.45, 2.75) is 0 Å². The molecule has 0 bridgehead atoms. The molecule has 106 valence electrons. The molecule has 0 spiro atoms. The Hall–Kier alpha value is -2.61. The topological polar surface area (TPSA) is 63.5 Å². The number of fused-ring (bicyclic) bond motifs is 1. The highest BCUT2D eigenvalue weighted by atomic mass is 32.1. The van der Waals surface area contributed by atoms with Gasteiger partial charge in [0, 0.05) is 29.5 Å². The van der Waals surface area contributed by atoms with Crippen molar-refractivity contribution in [3.8, 4) is 0 Å². The first-order chi connectivity index (χ1) is 10.1. The van der Waals surface area contributed by atoms with E-state index in [0.717, 1.165) is 18.3 Å². The number of amides is 1. The Morgan fingerprint density at radius 3 is 2.86 bits per heavy atom. The van der Waals surface area contributed by atoms with Gasteiger partial charge in [-0.05, 0) is 12.1 Å². The summed E-state index contributed by atoms with van der Waals surface area (Å²) in [5.74, 6) is -2.84. The number of thiazole rings is 1. The zero-order valence-corrected chi connectivity index (χ0v) is 11.2. The SMILES string of the molecule is O=C(Nc1ccc(F)c(F)c1)c1cnc2sccn2c1=O. The number of nitrogens with zero attached hydrogens (tertiary/aromatic N) is 2. The number of halogens is 2.